The molecule has 0 radical (unpaired) electrons. The molecule has 2 amide bonds. The van der Waals surface area contributed by atoms with Gasteiger partial charge in [0.2, 0.25) is 0 Å². The molecule has 7 heteroatoms. The third-order valence-electron chi connectivity index (χ3n) is 8.58. The highest BCUT2D eigenvalue weighted by Gasteiger charge is 2.68. The topological polar surface area (TPSA) is 71.6 Å². The monoisotopic (exact) mass is 425 g/mol. The zero-order valence-corrected chi connectivity index (χ0v) is 19.0. The van der Waals surface area contributed by atoms with Crippen molar-refractivity contribution in [1.82, 2.24) is 16.0 Å². The standard InChI is InChI=1S/C24H36BN3O3/c1-23(2)17-13-19(23)24(3)20(14-17)30-25(31-24)21(12-16-8-5-4-6-9-16)28-22(29)27-15-18-10-7-11-26-18/h4-6,8-9,17-21,26H,7,10-15H2,1-3H3,(H2,27,28,29)/t17-,18+,19-,20+,21-,24-/m0/s1. The van der Waals surface area contributed by atoms with Crippen molar-refractivity contribution < 1.29 is 14.1 Å². The maximum Gasteiger partial charge on any atom is 0.482 e. The number of benzene rings is 1. The van der Waals surface area contributed by atoms with Crippen LogP contribution in [0.25, 0.3) is 0 Å². The summed E-state index contributed by atoms with van der Waals surface area (Å²) in [5.74, 6) is 0.982. The number of carbonyl (C=O) groups is 1. The lowest BCUT2D eigenvalue weighted by Gasteiger charge is -2.64. The van der Waals surface area contributed by atoms with Gasteiger partial charge in [0, 0.05) is 12.6 Å². The highest BCUT2D eigenvalue weighted by atomic mass is 16.7. The summed E-state index contributed by atoms with van der Waals surface area (Å²) < 4.78 is 13.2. The Kier molecular flexibility index (Phi) is 5.56. The SMILES string of the molecule is CC1(C)[C@@H]2C[C@H]3OB([C@H](Cc4ccccc4)NC(=O)NC[C@H]4CCCN4)O[C@@]3(C)[C@H]1C2. The fourth-order valence-corrected chi connectivity index (χ4v) is 6.52. The molecule has 31 heavy (non-hydrogen) atoms. The van der Waals surface area contributed by atoms with Gasteiger partial charge in [-0.15, -0.1) is 0 Å². The molecule has 2 heterocycles. The first-order chi connectivity index (χ1) is 14.9. The van der Waals surface area contributed by atoms with E-state index in [1.807, 2.05) is 18.2 Å². The van der Waals surface area contributed by atoms with E-state index in [9.17, 15) is 4.79 Å². The van der Waals surface area contributed by atoms with Crippen molar-refractivity contribution in [2.75, 3.05) is 13.1 Å². The summed E-state index contributed by atoms with van der Waals surface area (Å²) in [5.41, 5.74) is 1.20. The minimum Gasteiger partial charge on any atom is -0.404 e. The molecule has 168 valence electrons. The van der Waals surface area contributed by atoms with Crippen LogP contribution in [0.5, 0.6) is 0 Å². The fourth-order valence-electron chi connectivity index (χ4n) is 6.52. The van der Waals surface area contributed by atoms with Crippen molar-refractivity contribution >= 4 is 13.1 Å². The van der Waals surface area contributed by atoms with Gasteiger partial charge < -0.3 is 25.3 Å². The largest absolute Gasteiger partial charge is 0.482 e. The van der Waals surface area contributed by atoms with E-state index in [0.717, 1.165) is 19.4 Å². The van der Waals surface area contributed by atoms with Crippen LogP contribution < -0.4 is 16.0 Å². The van der Waals surface area contributed by atoms with Crippen molar-refractivity contribution in [2.45, 2.75) is 76.6 Å². The first kappa shape index (κ1) is 21.3. The molecule has 0 aromatic heterocycles. The van der Waals surface area contributed by atoms with Crippen LogP contribution in [0, 0.1) is 17.3 Å². The van der Waals surface area contributed by atoms with Gasteiger partial charge in [0.05, 0.1) is 17.6 Å². The molecule has 6 nitrogen and oxygen atoms in total. The Morgan fingerprint density at radius 3 is 2.77 bits per heavy atom. The van der Waals surface area contributed by atoms with Gasteiger partial charge in [0.15, 0.2) is 0 Å². The number of hydrogen-bond donors (Lipinski definition) is 3. The summed E-state index contributed by atoms with van der Waals surface area (Å²) in [6, 6.07) is 10.5. The summed E-state index contributed by atoms with van der Waals surface area (Å²) in [4.78, 5) is 12.8. The molecule has 2 aliphatic heterocycles. The molecular formula is C24H36BN3O3. The number of amides is 2. The zero-order valence-electron chi connectivity index (χ0n) is 19.0. The number of hydrogen-bond acceptors (Lipinski definition) is 4. The average molecular weight is 425 g/mol. The summed E-state index contributed by atoms with van der Waals surface area (Å²) >= 11 is 0. The third kappa shape index (κ3) is 3.89. The van der Waals surface area contributed by atoms with Gasteiger partial charge in [-0.2, -0.15) is 0 Å². The normalized spacial score (nSPS) is 36.4. The molecule has 1 aromatic rings. The second-order valence-corrected chi connectivity index (χ2v) is 10.8. The predicted octanol–water partition coefficient (Wildman–Crippen LogP) is 2.92. The van der Waals surface area contributed by atoms with E-state index >= 15 is 0 Å². The lowest BCUT2D eigenvalue weighted by atomic mass is 9.43. The Morgan fingerprint density at radius 1 is 1.26 bits per heavy atom. The van der Waals surface area contributed by atoms with Crippen LogP contribution in [0.3, 0.4) is 0 Å². The molecule has 6 rings (SSSR count). The van der Waals surface area contributed by atoms with Crippen LogP contribution in [-0.2, 0) is 15.7 Å². The van der Waals surface area contributed by atoms with Gasteiger partial charge in [0.1, 0.15) is 0 Å². The maximum atomic E-state index is 12.8. The Hall–Kier alpha value is -1.57. The summed E-state index contributed by atoms with van der Waals surface area (Å²) in [6.07, 6.45) is 5.35. The lowest BCUT2D eigenvalue weighted by molar-refractivity contribution is -0.199. The highest BCUT2D eigenvalue weighted by Crippen LogP contribution is 2.65. The van der Waals surface area contributed by atoms with E-state index in [0.29, 0.717) is 36.3 Å². The average Bonchev–Trinajstić information content (AvgIpc) is 3.39. The van der Waals surface area contributed by atoms with E-state index in [1.54, 1.807) is 0 Å². The van der Waals surface area contributed by atoms with Gasteiger partial charge in [-0.25, -0.2) is 4.79 Å². The Labute approximate surface area is 186 Å². The molecule has 2 bridgehead atoms. The molecule has 0 spiro atoms. The maximum absolute atomic E-state index is 12.8. The number of urea groups is 1. The van der Waals surface area contributed by atoms with E-state index < -0.39 is 7.12 Å². The number of nitrogens with one attached hydrogen (secondary N) is 3. The minimum atomic E-state index is -0.430. The lowest BCUT2D eigenvalue weighted by Crippen LogP contribution is -2.65. The third-order valence-corrected chi connectivity index (χ3v) is 8.58. The van der Waals surface area contributed by atoms with Crippen LogP contribution >= 0.6 is 0 Å². The van der Waals surface area contributed by atoms with Crippen molar-refractivity contribution in [2.24, 2.45) is 17.3 Å². The summed E-state index contributed by atoms with van der Waals surface area (Å²) in [7, 11) is -0.430. The van der Waals surface area contributed by atoms with E-state index in [-0.39, 0.29) is 23.7 Å². The molecule has 6 atom stereocenters. The first-order valence-electron chi connectivity index (χ1n) is 12.0. The smallest absolute Gasteiger partial charge is 0.404 e. The van der Waals surface area contributed by atoms with Crippen LogP contribution in [0.15, 0.2) is 30.3 Å². The van der Waals surface area contributed by atoms with Gasteiger partial charge in [-0.1, -0.05) is 44.2 Å². The van der Waals surface area contributed by atoms with E-state index in [2.05, 4.69) is 48.9 Å². The van der Waals surface area contributed by atoms with Gasteiger partial charge in [0.25, 0.3) is 0 Å². The van der Waals surface area contributed by atoms with Crippen LogP contribution in [-0.4, -0.2) is 49.9 Å². The number of carbonyl (C=O) groups excluding carboxylic acids is 1. The van der Waals surface area contributed by atoms with Crippen LogP contribution in [0.4, 0.5) is 4.79 Å². The quantitative estimate of drug-likeness (QED) is 0.613. The Morgan fingerprint density at radius 2 is 2.06 bits per heavy atom. The number of rotatable bonds is 6. The molecule has 5 aliphatic rings. The van der Waals surface area contributed by atoms with Gasteiger partial charge in [-0.05, 0) is 68.4 Å². The van der Waals surface area contributed by atoms with E-state index in [1.165, 1.54) is 18.4 Å². The van der Waals surface area contributed by atoms with Gasteiger partial charge >= 0.3 is 13.1 Å². The highest BCUT2D eigenvalue weighted by molar-refractivity contribution is 6.48. The van der Waals surface area contributed by atoms with Crippen LogP contribution in [0.1, 0.15) is 52.0 Å². The van der Waals surface area contributed by atoms with Crippen molar-refractivity contribution in [1.29, 1.82) is 0 Å². The molecule has 3 aliphatic carbocycles. The van der Waals surface area contributed by atoms with Crippen molar-refractivity contribution in [3.8, 4) is 0 Å². The predicted molar refractivity (Wildman–Crippen MR) is 122 cm³/mol. The summed E-state index contributed by atoms with van der Waals surface area (Å²) in [6.45, 7) is 8.65. The minimum absolute atomic E-state index is 0.111. The molecule has 1 aromatic carbocycles. The van der Waals surface area contributed by atoms with Crippen molar-refractivity contribution in [3.05, 3.63) is 35.9 Å². The Balaban J connectivity index is 1.28. The summed E-state index contributed by atoms with van der Waals surface area (Å²) in [5, 5.41) is 9.65. The second-order valence-electron chi connectivity index (χ2n) is 10.8. The second kappa shape index (κ2) is 8.09. The van der Waals surface area contributed by atoms with Crippen LogP contribution in [0.2, 0.25) is 0 Å². The first-order valence-corrected chi connectivity index (χ1v) is 12.0. The van der Waals surface area contributed by atoms with Crippen molar-refractivity contribution in [3.63, 3.8) is 0 Å². The zero-order chi connectivity index (χ0) is 21.6. The molecule has 5 fully saturated rings. The molecule has 3 saturated carbocycles. The fraction of sp³-hybridized carbons (Fsp3) is 0.708. The van der Waals surface area contributed by atoms with Gasteiger partial charge in [-0.3, -0.25) is 0 Å². The molecule has 3 N–H and O–H groups in total. The van der Waals surface area contributed by atoms with E-state index in [4.69, 9.17) is 9.31 Å². The Bertz CT molecular complexity index is 801. The molecular weight excluding hydrogens is 389 g/mol. The molecule has 2 saturated heterocycles. The molecule has 0 unspecified atom stereocenters.